The van der Waals surface area contributed by atoms with Crippen molar-refractivity contribution < 1.29 is 24.2 Å². The lowest BCUT2D eigenvalue weighted by atomic mass is 10.2. The molecule has 0 atom stereocenters. The summed E-state index contributed by atoms with van der Waals surface area (Å²) in [6.07, 6.45) is 6.04. The van der Waals surface area contributed by atoms with E-state index >= 15 is 0 Å². The quantitative estimate of drug-likeness (QED) is 0.468. The van der Waals surface area contributed by atoms with Gasteiger partial charge in [-0.25, -0.2) is 0 Å². The molecule has 5 heteroatoms. The molecule has 5 nitrogen and oxygen atoms in total. The molecule has 0 aromatic carbocycles. The van der Waals surface area contributed by atoms with E-state index in [1.165, 1.54) is 0 Å². The van der Waals surface area contributed by atoms with Gasteiger partial charge in [-0.05, 0) is 32.6 Å². The van der Waals surface area contributed by atoms with E-state index in [0.717, 1.165) is 25.7 Å². The second-order valence-corrected chi connectivity index (χ2v) is 4.67. The monoisotopic (exact) mass is 304 g/mol. The van der Waals surface area contributed by atoms with Crippen molar-refractivity contribution in [1.29, 1.82) is 0 Å². The van der Waals surface area contributed by atoms with Gasteiger partial charge < -0.3 is 14.6 Å². The number of unbranched alkanes of at least 4 members (excludes halogenated alkanes) is 3. The Bertz CT molecular complexity index is 217. The average Bonchev–Trinajstić information content (AvgIpc) is 2.45. The van der Waals surface area contributed by atoms with Gasteiger partial charge in [-0.1, -0.05) is 26.7 Å². The van der Waals surface area contributed by atoms with Gasteiger partial charge in [0.15, 0.2) is 0 Å². The summed E-state index contributed by atoms with van der Waals surface area (Å²) in [6.45, 7) is 7.05. The van der Waals surface area contributed by atoms with Gasteiger partial charge >= 0.3 is 11.9 Å². The molecule has 0 unspecified atom stereocenters. The van der Waals surface area contributed by atoms with Gasteiger partial charge in [0.05, 0.1) is 13.2 Å². The van der Waals surface area contributed by atoms with Gasteiger partial charge in [-0.2, -0.15) is 0 Å². The number of rotatable bonds is 11. The summed E-state index contributed by atoms with van der Waals surface area (Å²) < 4.78 is 10.0. The van der Waals surface area contributed by atoms with Crippen LogP contribution in [-0.4, -0.2) is 36.9 Å². The highest BCUT2D eigenvalue weighted by atomic mass is 16.5. The summed E-state index contributed by atoms with van der Waals surface area (Å²) in [5.74, 6) is -0.328. The Hall–Kier alpha value is -1.10. The predicted octanol–water partition coefficient (Wildman–Crippen LogP) is 3.23. The third-order valence-electron chi connectivity index (χ3n) is 2.53. The lowest BCUT2D eigenvalue weighted by Gasteiger charge is -2.04. The van der Waals surface area contributed by atoms with Crippen LogP contribution in [0, 0.1) is 0 Å². The number of aliphatic hydroxyl groups is 1. The molecule has 0 rings (SSSR count). The molecule has 0 fully saturated rings. The highest BCUT2D eigenvalue weighted by molar-refractivity contribution is 5.70. The van der Waals surface area contributed by atoms with Crippen molar-refractivity contribution in [2.75, 3.05) is 19.8 Å². The fraction of sp³-hybridized carbons (Fsp3) is 0.875. The first-order valence-corrected chi connectivity index (χ1v) is 8.04. The van der Waals surface area contributed by atoms with Gasteiger partial charge in [-0.3, -0.25) is 9.59 Å². The number of hydrogen-bond donors (Lipinski definition) is 1. The first-order chi connectivity index (χ1) is 10.1. The molecule has 0 aliphatic carbocycles. The second kappa shape index (κ2) is 18.9. The molecule has 0 heterocycles. The summed E-state index contributed by atoms with van der Waals surface area (Å²) in [4.78, 5) is 22.5. The molecular formula is C16H32O5. The molecule has 126 valence electrons. The summed E-state index contributed by atoms with van der Waals surface area (Å²) in [6, 6.07) is 0. The Kier molecular flexibility index (Phi) is 20.0. The summed E-state index contributed by atoms with van der Waals surface area (Å²) in [7, 11) is 0. The molecule has 0 aliphatic rings. The van der Waals surface area contributed by atoms with Crippen molar-refractivity contribution in [3.8, 4) is 0 Å². The standard InChI is InChI=1S/C14H26O4.C2H6O/c1-3-5-11-17-13(15)9-7-8-10-14(16)18-12-6-4-2;1-2-3/h3-12H2,1-2H3;3H,2H2,1H3. The largest absolute Gasteiger partial charge is 0.466 e. The number of esters is 2. The van der Waals surface area contributed by atoms with Gasteiger partial charge in [0.2, 0.25) is 0 Å². The normalized spacial score (nSPS) is 9.52. The van der Waals surface area contributed by atoms with Gasteiger partial charge in [-0.15, -0.1) is 0 Å². The lowest BCUT2D eigenvalue weighted by Crippen LogP contribution is -2.07. The fourth-order valence-electron chi connectivity index (χ4n) is 1.34. The number of carbonyl (C=O) groups is 2. The van der Waals surface area contributed by atoms with E-state index < -0.39 is 0 Å². The average molecular weight is 304 g/mol. The molecule has 0 bridgehead atoms. The van der Waals surface area contributed by atoms with Gasteiger partial charge in [0, 0.05) is 19.4 Å². The van der Waals surface area contributed by atoms with E-state index in [-0.39, 0.29) is 18.5 Å². The van der Waals surface area contributed by atoms with E-state index in [0.29, 0.717) is 38.9 Å². The molecular weight excluding hydrogens is 272 g/mol. The zero-order chi connectivity index (χ0) is 16.3. The molecule has 0 radical (unpaired) electrons. The predicted molar refractivity (Wildman–Crippen MR) is 83.0 cm³/mol. The number of ether oxygens (including phenoxy) is 2. The molecule has 21 heavy (non-hydrogen) atoms. The van der Waals surface area contributed by atoms with Crippen molar-refractivity contribution in [1.82, 2.24) is 0 Å². The molecule has 0 saturated heterocycles. The van der Waals surface area contributed by atoms with Crippen LogP contribution in [0.2, 0.25) is 0 Å². The summed E-state index contributed by atoms with van der Waals surface area (Å²) in [5.41, 5.74) is 0. The number of hydrogen-bond acceptors (Lipinski definition) is 5. The molecule has 0 amide bonds. The Labute approximate surface area is 129 Å². The minimum atomic E-state index is -0.164. The Balaban J connectivity index is 0. The van der Waals surface area contributed by atoms with E-state index in [4.69, 9.17) is 14.6 Å². The van der Waals surface area contributed by atoms with Gasteiger partial charge in [0.25, 0.3) is 0 Å². The van der Waals surface area contributed by atoms with Crippen LogP contribution in [0.4, 0.5) is 0 Å². The molecule has 1 N–H and O–H groups in total. The maximum Gasteiger partial charge on any atom is 0.305 e. The number of aliphatic hydroxyl groups excluding tert-OH is 1. The maximum atomic E-state index is 11.2. The molecule has 0 aliphatic heterocycles. The van der Waals surface area contributed by atoms with Crippen LogP contribution in [0.1, 0.15) is 72.1 Å². The molecule has 0 spiro atoms. The van der Waals surface area contributed by atoms with Crippen LogP contribution < -0.4 is 0 Å². The van der Waals surface area contributed by atoms with Crippen molar-refractivity contribution in [3.63, 3.8) is 0 Å². The topological polar surface area (TPSA) is 72.8 Å². The van der Waals surface area contributed by atoms with Crippen molar-refractivity contribution >= 4 is 11.9 Å². The Morgan fingerprint density at radius 1 is 0.762 bits per heavy atom. The highest BCUT2D eigenvalue weighted by Crippen LogP contribution is 2.04. The van der Waals surface area contributed by atoms with Crippen molar-refractivity contribution in [2.24, 2.45) is 0 Å². The minimum Gasteiger partial charge on any atom is -0.466 e. The van der Waals surface area contributed by atoms with Crippen LogP contribution in [-0.2, 0) is 19.1 Å². The third kappa shape index (κ3) is 21.4. The highest BCUT2D eigenvalue weighted by Gasteiger charge is 2.05. The first kappa shape index (κ1) is 22.2. The van der Waals surface area contributed by atoms with Crippen LogP contribution in [0.3, 0.4) is 0 Å². The van der Waals surface area contributed by atoms with E-state index in [1.807, 2.05) is 0 Å². The Morgan fingerprint density at radius 3 is 1.38 bits per heavy atom. The minimum absolute atomic E-state index is 0.164. The zero-order valence-corrected chi connectivity index (χ0v) is 13.9. The van der Waals surface area contributed by atoms with Crippen LogP contribution >= 0.6 is 0 Å². The molecule has 0 aromatic heterocycles. The SMILES string of the molecule is CCCCOC(=O)CCCCC(=O)OCCCC.CCO. The van der Waals surface area contributed by atoms with Crippen LogP contribution in [0.5, 0.6) is 0 Å². The summed E-state index contributed by atoms with van der Waals surface area (Å²) in [5, 5.41) is 7.57. The number of carbonyl (C=O) groups excluding carboxylic acids is 2. The molecule has 0 saturated carbocycles. The first-order valence-electron chi connectivity index (χ1n) is 8.04. The van der Waals surface area contributed by atoms with E-state index in [1.54, 1.807) is 6.92 Å². The smallest absolute Gasteiger partial charge is 0.305 e. The fourth-order valence-corrected chi connectivity index (χ4v) is 1.34. The van der Waals surface area contributed by atoms with Gasteiger partial charge in [0.1, 0.15) is 0 Å². The second-order valence-electron chi connectivity index (χ2n) is 4.67. The van der Waals surface area contributed by atoms with Crippen LogP contribution in [0.25, 0.3) is 0 Å². The lowest BCUT2D eigenvalue weighted by molar-refractivity contribution is -0.146. The van der Waals surface area contributed by atoms with Crippen LogP contribution in [0.15, 0.2) is 0 Å². The van der Waals surface area contributed by atoms with Crippen molar-refractivity contribution in [2.45, 2.75) is 72.1 Å². The van der Waals surface area contributed by atoms with E-state index in [9.17, 15) is 9.59 Å². The zero-order valence-electron chi connectivity index (χ0n) is 13.9. The van der Waals surface area contributed by atoms with E-state index in [2.05, 4.69) is 13.8 Å². The Morgan fingerprint density at radius 2 is 1.10 bits per heavy atom. The van der Waals surface area contributed by atoms with Crippen molar-refractivity contribution in [3.05, 3.63) is 0 Å². The summed E-state index contributed by atoms with van der Waals surface area (Å²) >= 11 is 0. The maximum absolute atomic E-state index is 11.2. The third-order valence-corrected chi connectivity index (χ3v) is 2.53. The molecule has 0 aromatic rings.